The van der Waals surface area contributed by atoms with E-state index < -0.39 is 11.7 Å². The summed E-state index contributed by atoms with van der Waals surface area (Å²) in [4.78, 5) is 18.3. The maximum absolute atomic E-state index is 11.9. The Morgan fingerprint density at radius 3 is 2.44 bits per heavy atom. The molecule has 0 saturated carbocycles. The lowest BCUT2D eigenvalue weighted by Gasteiger charge is -2.24. The quantitative estimate of drug-likeness (QED) is 0.429. The van der Waals surface area contributed by atoms with Crippen molar-refractivity contribution in [3.8, 4) is 0 Å². The number of rotatable bonds is 8. The van der Waals surface area contributed by atoms with Crippen molar-refractivity contribution in [2.75, 3.05) is 39.5 Å². The molecule has 9 nitrogen and oxygen atoms in total. The molecular weight excluding hydrogens is 406 g/mol. The minimum absolute atomic E-state index is 0.187. The number of guanidine groups is 1. The third-order valence-electron chi connectivity index (χ3n) is 4.72. The van der Waals surface area contributed by atoms with Crippen molar-refractivity contribution in [3.63, 3.8) is 0 Å². The van der Waals surface area contributed by atoms with Crippen LogP contribution >= 0.6 is 0 Å². The lowest BCUT2D eigenvalue weighted by atomic mass is 10.1. The van der Waals surface area contributed by atoms with E-state index in [2.05, 4.69) is 45.0 Å². The van der Waals surface area contributed by atoms with E-state index in [4.69, 9.17) is 4.74 Å². The number of carbonyl (C=O) groups is 1. The molecule has 1 unspecified atom stereocenters. The molecular formula is C23H37N7O2. The molecule has 1 aromatic carbocycles. The number of aryl methyl sites for hydroxylation is 1. The van der Waals surface area contributed by atoms with E-state index in [0.29, 0.717) is 12.2 Å². The van der Waals surface area contributed by atoms with Gasteiger partial charge in [-0.05, 0) is 59.0 Å². The number of hydrogen-bond acceptors (Lipinski definition) is 5. The van der Waals surface area contributed by atoms with Gasteiger partial charge in [0.15, 0.2) is 5.96 Å². The average Bonchev–Trinajstić information content (AvgIpc) is 3.12. The van der Waals surface area contributed by atoms with Crippen LogP contribution in [-0.4, -0.2) is 66.6 Å². The van der Waals surface area contributed by atoms with Crippen molar-refractivity contribution >= 4 is 17.7 Å². The molecule has 1 aromatic heterocycles. The van der Waals surface area contributed by atoms with E-state index in [1.165, 1.54) is 0 Å². The van der Waals surface area contributed by atoms with Crippen LogP contribution in [0, 0.1) is 0 Å². The molecule has 0 aliphatic heterocycles. The van der Waals surface area contributed by atoms with Gasteiger partial charge in [-0.3, -0.25) is 15.0 Å². The lowest BCUT2D eigenvalue weighted by molar-refractivity contribution is 0.0636. The zero-order chi connectivity index (χ0) is 23.7. The van der Waals surface area contributed by atoms with Crippen LogP contribution in [0.1, 0.15) is 37.9 Å². The van der Waals surface area contributed by atoms with Crippen molar-refractivity contribution in [1.82, 2.24) is 25.3 Å². The summed E-state index contributed by atoms with van der Waals surface area (Å²) in [6.07, 6.45) is 4.30. The third-order valence-corrected chi connectivity index (χ3v) is 4.72. The predicted octanol–water partition coefficient (Wildman–Crippen LogP) is 2.78. The SMILES string of the molecule is CN=C(NCCc1ccc(NC(=O)OC(C)(C)C)cc1)NCC(c1cnn(C)c1)N(C)C. The first-order chi connectivity index (χ1) is 15.1. The number of nitrogens with one attached hydrogen (secondary N) is 3. The summed E-state index contributed by atoms with van der Waals surface area (Å²) < 4.78 is 7.08. The Balaban J connectivity index is 1.79. The molecule has 1 heterocycles. The minimum Gasteiger partial charge on any atom is -0.444 e. The number of nitrogens with zero attached hydrogens (tertiary/aromatic N) is 4. The second kappa shape index (κ2) is 11.5. The highest BCUT2D eigenvalue weighted by Crippen LogP contribution is 2.16. The maximum Gasteiger partial charge on any atom is 0.412 e. The van der Waals surface area contributed by atoms with E-state index in [9.17, 15) is 4.79 Å². The van der Waals surface area contributed by atoms with Gasteiger partial charge in [-0.25, -0.2) is 4.79 Å². The molecule has 176 valence electrons. The summed E-state index contributed by atoms with van der Waals surface area (Å²) in [5.41, 5.74) is 2.50. The van der Waals surface area contributed by atoms with Crippen LogP contribution in [0.3, 0.4) is 0 Å². The Kier molecular flexibility index (Phi) is 9.07. The van der Waals surface area contributed by atoms with Crippen molar-refractivity contribution in [2.24, 2.45) is 12.0 Å². The monoisotopic (exact) mass is 443 g/mol. The van der Waals surface area contributed by atoms with Crippen LogP contribution in [0.15, 0.2) is 41.7 Å². The van der Waals surface area contributed by atoms with Crippen LogP contribution in [0.5, 0.6) is 0 Å². The molecule has 2 aromatic rings. The number of aliphatic imine (C=N–C) groups is 1. The first kappa shape index (κ1) is 25.2. The molecule has 2 rings (SSSR count). The van der Waals surface area contributed by atoms with Gasteiger partial charge in [-0.2, -0.15) is 5.10 Å². The fraction of sp³-hybridized carbons (Fsp3) is 0.522. The number of ether oxygens (including phenoxy) is 1. The summed E-state index contributed by atoms with van der Waals surface area (Å²) in [5.74, 6) is 0.754. The van der Waals surface area contributed by atoms with E-state index in [1.54, 1.807) is 7.05 Å². The minimum atomic E-state index is -0.521. The Bertz CT molecular complexity index is 882. The molecule has 0 bridgehead atoms. The van der Waals surface area contributed by atoms with Gasteiger partial charge in [0.05, 0.1) is 12.2 Å². The Hall–Kier alpha value is -3.07. The zero-order valence-corrected chi connectivity index (χ0v) is 20.3. The van der Waals surface area contributed by atoms with Crippen molar-refractivity contribution in [2.45, 2.75) is 38.8 Å². The number of aromatic nitrogens is 2. The zero-order valence-electron chi connectivity index (χ0n) is 20.3. The van der Waals surface area contributed by atoms with Crippen LogP contribution in [-0.2, 0) is 18.2 Å². The summed E-state index contributed by atoms with van der Waals surface area (Å²) in [7, 11) is 7.79. The summed E-state index contributed by atoms with van der Waals surface area (Å²) in [6, 6.07) is 7.93. The average molecular weight is 444 g/mol. The molecule has 1 amide bonds. The Morgan fingerprint density at radius 1 is 1.22 bits per heavy atom. The molecule has 0 fully saturated rings. The van der Waals surface area contributed by atoms with Gasteiger partial charge in [0.25, 0.3) is 0 Å². The largest absolute Gasteiger partial charge is 0.444 e. The molecule has 9 heteroatoms. The molecule has 0 radical (unpaired) electrons. The van der Waals surface area contributed by atoms with E-state index in [1.807, 2.05) is 69.2 Å². The molecule has 0 aliphatic rings. The fourth-order valence-electron chi connectivity index (χ4n) is 3.13. The summed E-state index contributed by atoms with van der Waals surface area (Å²) in [6.45, 7) is 6.96. The number of benzene rings is 1. The maximum atomic E-state index is 11.9. The second-order valence-electron chi connectivity index (χ2n) is 8.88. The third kappa shape index (κ3) is 8.58. The topological polar surface area (TPSA) is 95.8 Å². The van der Waals surface area contributed by atoms with Gasteiger partial charge in [0, 0.05) is 44.6 Å². The summed E-state index contributed by atoms with van der Waals surface area (Å²) in [5, 5.41) is 13.8. The van der Waals surface area contributed by atoms with Gasteiger partial charge in [-0.1, -0.05) is 12.1 Å². The molecule has 1 atom stereocenters. The van der Waals surface area contributed by atoms with Gasteiger partial charge < -0.3 is 20.3 Å². The Labute approximate surface area is 191 Å². The van der Waals surface area contributed by atoms with Crippen LogP contribution in [0.25, 0.3) is 0 Å². The van der Waals surface area contributed by atoms with E-state index in [-0.39, 0.29) is 6.04 Å². The van der Waals surface area contributed by atoms with Gasteiger partial charge >= 0.3 is 6.09 Å². The standard InChI is InChI=1S/C23H37N7O2/c1-23(2,3)32-22(31)28-19-10-8-17(9-11-19)12-13-25-21(24-4)26-15-20(29(5)6)18-14-27-30(7)16-18/h8-11,14,16,20H,12-13,15H2,1-7H3,(H,28,31)(H2,24,25,26). The Morgan fingerprint density at radius 2 is 1.91 bits per heavy atom. The molecule has 32 heavy (non-hydrogen) atoms. The van der Waals surface area contributed by atoms with E-state index >= 15 is 0 Å². The molecule has 0 spiro atoms. The van der Waals surface area contributed by atoms with Crippen molar-refractivity contribution < 1.29 is 9.53 Å². The smallest absolute Gasteiger partial charge is 0.412 e. The van der Waals surface area contributed by atoms with Crippen LogP contribution in [0.2, 0.25) is 0 Å². The highest BCUT2D eigenvalue weighted by molar-refractivity contribution is 5.84. The lowest BCUT2D eigenvalue weighted by Crippen LogP contribution is -2.42. The number of amides is 1. The van der Waals surface area contributed by atoms with Gasteiger partial charge in [-0.15, -0.1) is 0 Å². The summed E-state index contributed by atoms with van der Waals surface area (Å²) >= 11 is 0. The fourth-order valence-corrected chi connectivity index (χ4v) is 3.13. The molecule has 0 saturated heterocycles. The highest BCUT2D eigenvalue weighted by Gasteiger charge is 2.17. The van der Waals surface area contributed by atoms with Crippen LogP contribution < -0.4 is 16.0 Å². The highest BCUT2D eigenvalue weighted by atomic mass is 16.6. The first-order valence-corrected chi connectivity index (χ1v) is 10.8. The van der Waals surface area contributed by atoms with Crippen molar-refractivity contribution in [3.05, 3.63) is 47.8 Å². The normalized spacial score (nSPS) is 13.1. The molecule has 0 aliphatic carbocycles. The first-order valence-electron chi connectivity index (χ1n) is 10.8. The number of hydrogen-bond donors (Lipinski definition) is 3. The number of carbonyl (C=O) groups excluding carboxylic acids is 1. The van der Waals surface area contributed by atoms with E-state index in [0.717, 1.165) is 30.1 Å². The van der Waals surface area contributed by atoms with Crippen LogP contribution in [0.4, 0.5) is 10.5 Å². The van der Waals surface area contributed by atoms with Gasteiger partial charge in [0.1, 0.15) is 5.60 Å². The molecule has 3 N–H and O–H groups in total. The number of anilines is 1. The van der Waals surface area contributed by atoms with Gasteiger partial charge in [0.2, 0.25) is 0 Å². The second-order valence-corrected chi connectivity index (χ2v) is 8.88. The predicted molar refractivity (Wildman–Crippen MR) is 129 cm³/mol. The van der Waals surface area contributed by atoms with Crippen molar-refractivity contribution in [1.29, 1.82) is 0 Å². The number of likely N-dealkylation sites (N-methyl/N-ethyl adjacent to an activating group) is 1.